The van der Waals surface area contributed by atoms with E-state index in [2.05, 4.69) is 11.6 Å². The first-order chi connectivity index (χ1) is 12.0. The molecule has 0 aliphatic carbocycles. The first kappa shape index (κ1) is 18.5. The van der Waals surface area contributed by atoms with Crippen molar-refractivity contribution in [3.8, 4) is 0 Å². The number of benzene rings is 1. The van der Waals surface area contributed by atoms with Gasteiger partial charge in [-0.15, -0.1) is 18.3 Å². The van der Waals surface area contributed by atoms with Crippen LogP contribution in [0.2, 0.25) is 0 Å². The molecule has 0 spiro atoms. The Morgan fingerprint density at radius 3 is 2.84 bits per heavy atom. The normalized spacial score (nSPS) is 25.9. The highest BCUT2D eigenvalue weighted by Crippen LogP contribution is 2.38. The highest BCUT2D eigenvalue weighted by Gasteiger charge is 2.48. The molecule has 2 aliphatic rings. The zero-order valence-corrected chi connectivity index (χ0v) is 16.2. The molecule has 2 saturated heterocycles. The molecule has 25 heavy (non-hydrogen) atoms. The molecule has 1 amide bonds. The first-order valence-corrected chi connectivity index (χ1v) is 11.8. The van der Waals surface area contributed by atoms with Crippen molar-refractivity contribution >= 4 is 44.4 Å². The summed E-state index contributed by atoms with van der Waals surface area (Å²) in [7, 11) is -2.99. The van der Waals surface area contributed by atoms with Gasteiger partial charge in [-0.2, -0.15) is 4.99 Å². The van der Waals surface area contributed by atoms with Crippen molar-refractivity contribution in [2.45, 2.75) is 17.0 Å². The lowest BCUT2D eigenvalue weighted by atomic mass is 10.2. The van der Waals surface area contributed by atoms with E-state index in [1.807, 2.05) is 35.2 Å². The SMILES string of the molecule is C=CCN1C(=NC(=O)CSCc2ccccc2)S[C@H]2CS(=O)(=O)C[C@@H]21. The van der Waals surface area contributed by atoms with E-state index in [1.165, 1.54) is 29.1 Å². The van der Waals surface area contributed by atoms with Crippen LogP contribution in [0.5, 0.6) is 0 Å². The van der Waals surface area contributed by atoms with E-state index in [4.69, 9.17) is 0 Å². The summed E-state index contributed by atoms with van der Waals surface area (Å²) in [6.07, 6.45) is 1.72. The van der Waals surface area contributed by atoms with E-state index in [9.17, 15) is 13.2 Å². The molecular weight excluding hydrogens is 376 g/mol. The van der Waals surface area contributed by atoms with Gasteiger partial charge in [0.1, 0.15) is 0 Å². The van der Waals surface area contributed by atoms with Gasteiger partial charge in [-0.1, -0.05) is 48.2 Å². The maximum Gasteiger partial charge on any atom is 0.258 e. The Morgan fingerprint density at radius 1 is 1.36 bits per heavy atom. The molecule has 0 saturated carbocycles. The van der Waals surface area contributed by atoms with Crippen LogP contribution in [-0.2, 0) is 20.4 Å². The molecule has 2 atom stereocenters. The largest absolute Gasteiger partial charge is 0.342 e. The number of carbonyl (C=O) groups is 1. The number of aliphatic imine (C=N–C) groups is 1. The van der Waals surface area contributed by atoms with Crippen molar-refractivity contribution in [2.24, 2.45) is 4.99 Å². The number of hydrogen-bond acceptors (Lipinski definition) is 5. The maximum absolute atomic E-state index is 12.2. The Kier molecular flexibility index (Phi) is 5.91. The predicted octanol–water partition coefficient (Wildman–Crippen LogP) is 2.20. The van der Waals surface area contributed by atoms with Crippen molar-refractivity contribution in [1.29, 1.82) is 0 Å². The van der Waals surface area contributed by atoms with E-state index in [-0.39, 0.29) is 28.7 Å². The standard InChI is InChI=1S/C17H20N2O3S3/c1-2-8-19-14-11-25(21,22)12-15(14)24-17(19)18-16(20)10-23-9-13-6-4-3-5-7-13/h2-7,14-15H,1,8-12H2/t14-,15-/m0/s1. The van der Waals surface area contributed by atoms with Gasteiger partial charge in [0.2, 0.25) is 0 Å². The van der Waals surface area contributed by atoms with Crippen LogP contribution in [0, 0.1) is 0 Å². The summed E-state index contributed by atoms with van der Waals surface area (Å²) in [5, 5.41) is 0.601. The summed E-state index contributed by atoms with van der Waals surface area (Å²) >= 11 is 2.94. The van der Waals surface area contributed by atoms with Crippen LogP contribution >= 0.6 is 23.5 Å². The maximum atomic E-state index is 12.2. The van der Waals surface area contributed by atoms with E-state index < -0.39 is 9.84 Å². The number of thioether (sulfide) groups is 2. The molecule has 2 aliphatic heterocycles. The van der Waals surface area contributed by atoms with Gasteiger partial charge in [-0.3, -0.25) is 4.79 Å². The lowest BCUT2D eigenvalue weighted by Gasteiger charge is -2.22. The molecule has 134 valence electrons. The average molecular weight is 397 g/mol. The second kappa shape index (κ2) is 7.97. The minimum Gasteiger partial charge on any atom is -0.342 e. The smallest absolute Gasteiger partial charge is 0.258 e. The summed E-state index contributed by atoms with van der Waals surface area (Å²) in [5.41, 5.74) is 1.18. The molecule has 0 N–H and O–H groups in total. The number of hydrogen-bond donors (Lipinski definition) is 0. The molecular formula is C17H20N2O3S3. The fraction of sp³-hybridized carbons (Fsp3) is 0.412. The molecule has 0 unspecified atom stereocenters. The average Bonchev–Trinajstić information content (AvgIpc) is 3.01. The van der Waals surface area contributed by atoms with Gasteiger partial charge < -0.3 is 4.90 Å². The number of rotatable bonds is 6. The van der Waals surface area contributed by atoms with Gasteiger partial charge in [0.15, 0.2) is 15.0 Å². The van der Waals surface area contributed by atoms with Crippen molar-refractivity contribution < 1.29 is 13.2 Å². The lowest BCUT2D eigenvalue weighted by molar-refractivity contribution is -0.115. The fourth-order valence-electron chi connectivity index (χ4n) is 2.96. The second-order valence-corrected chi connectivity index (χ2v) is 10.4. The van der Waals surface area contributed by atoms with Gasteiger partial charge in [0.05, 0.1) is 23.3 Å². The Balaban J connectivity index is 1.60. The van der Waals surface area contributed by atoms with Crippen LogP contribution in [-0.4, -0.2) is 59.5 Å². The molecule has 3 rings (SSSR count). The highest BCUT2D eigenvalue weighted by molar-refractivity contribution is 8.15. The minimum atomic E-state index is -2.99. The third-order valence-electron chi connectivity index (χ3n) is 4.06. The third-order valence-corrected chi connectivity index (χ3v) is 8.29. The lowest BCUT2D eigenvalue weighted by Crippen LogP contribution is -2.37. The molecule has 1 aromatic carbocycles. The third kappa shape index (κ3) is 4.68. The summed E-state index contributed by atoms with van der Waals surface area (Å²) in [5.74, 6) is 1.19. The van der Waals surface area contributed by atoms with Gasteiger partial charge in [0.25, 0.3) is 5.91 Å². The van der Waals surface area contributed by atoms with E-state index in [1.54, 1.807) is 6.08 Å². The van der Waals surface area contributed by atoms with Gasteiger partial charge >= 0.3 is 0 Å². The van der Waals surface area contributed by atoms with E-state index >= 15 is 0 Å². The van der Waals surface area contributed by atoms with Gasteiger partial charge in [0, 0.05) is 17.5 Å². The van der Waals surface area contributed by atoms with Crippen LogP contribution < -0.4 is 0 Å². The highest BCUT2D eigenvalue weighted by atomic mass is 32.2. The fourth-order valence-corrected chi connectivity index (χ4v) is 7.71. The predicted molar refractivity (Wildman–Crippen MR) is 106 cm³/mol. The molecule has 0 bridgehead atoms. The number of carbonyl (C=O) groups excluding carboxylic acids is 1. The monoisotopic (exact) mass is 396 g/mol. The molecule has 2 fully saturated rings. The number of fused-ring (bicyclic) bond motifs is 1. The number of amides is 1. The first-order valence-electron chi connectivity index (χ1n) is 7.96. The zero-order chi connectivity index (χ0) is 17.9. The Bertz CT molecular complexity index is 778. The summed E-state index contributed by atoms with van der Waals surface area (Å²) < 4.78 is 23.6. The van der Waals surface area contributed by atoms with Crippen LogP contribution in [0.1, 0.15) is 5.56 Å². The summed E-state index contributed by atoms with van der Waals surface area (Å²) in [6, 6.07) is 9.89. The van der Waals surface area contributed by atoms with Gasteiger partial charge in [-0.05, 0) is 5.56 Å². The number of amidine groups is 1. The van der Waals surface area contributed by atoms with E-state index in [0.717, 1.165) is 5.75 Å². The number of sulfone groups is 1. The Morgan fingerprint density at radius 2 is 2.12 bits per heavy atom. The van der Waals surface area contributed by atoms with Crippen molar-refractivity contribution in [3.05, 3.63) is 48.6 Å². The van der Waals surface area contributed by atoms with Crippen molar-refractivity contribution in [2.75, 3.05) is 23.8 Å². The quantitative estimate of drug-likeness (QED) is 0.687. The molecule has 2 heterocycles. The molecule has 8 heteroatoms. The Labute approximate surface area is 156 Å². The minimum absolute atomic E-state index is 0.0338. The number of nitrogens with zero attached hydrogens (tertiary/aromatic N) is 2. The molecule has 0 aromatic heterocycles. The van der Waals surface area contributed by atoms with Crippen molar-refractivity contribution in [3.63, 3.8) is 0 Å². The molecule has 0 radical (unpaired) electrons. The zero-order valence-electron chi connectivity index (χ0n) is 13.7. The summed E-state index contributed by atoms with van der Waals surface area (Å²) in [4.78, 5) is 18.3. The summed E-state index contributed by atoms with van der Waals surface area (Å²) in [6.45, 7) is 4.23. The second-order valence-electron chi connectivity index (χ2n) is 6.01. The van der Waals surface area contributed by atoms with E-state index in [0.29, 0.717) is 17.5 Å². The van der Waals surface area contributed by atoms with Crippen LogP contribution in [0.3, 0.4) is 0 Å². The topological polar surface area (TPSA) is 66.8 Å². The molecule has 1 aromatic rings. The van der Waals surface area contributed by atoms with Crippen LogP contribution in [0.15, 0.2) is 48.0 Å². The van der Waals surface area contributed by atoms with Crippen molar-refractivity contribution in [1.82, 2.24) is 4.90 Å². The molecule has 5 nitrogen and oxygen atoms in total. The van der Waals surface area contributed by atoms with Crippen LogP contribution in [0.25, 0.3) is 0 Å². The van der Waals surface area contributed by atoms with Gasteiger partial charge in [-0.25, -0.2) is 8.42 Å². The van der Waals surface area contributed by atoms with Crippen LogP contribution in [0.4, 0.5) is 0 Å². The Hall–Kier alpha value is -1.25.